The molecule has 1 heterocycles. The molecule has 1 unspecified atom stereocenters. The van der Waals surface area contributed by atoms with Crippen LogP contribution in [0.2, 0.25) is 0 Å². The summed E-state index contributed by atoms with van der Waals surface area (Å²) in [5.41, 5.74) is 1.18. The molecule has 1 aliphatic heterocycles. The number of benzene rings is 2. The first-order valence-electron chi connectivity index (χ1n) is 11.2. The van der Waals surface area contributed by atoms with Crippen LogP contribution in [0.15, 0.2) is 42.5 Å². The minimum absolute atomic E-state index is 0.331. The number of nitrogens with one attached hydrogen (secondary N) is 1. The number of hydrogen-bond acceptors (Lipinski definition) is 6. The van der Waals surface area contributed by atoms with Gasteiger partial charge in [0.05, 0.1) is 24.3 Å². The maximum atomic E-state index is 13.3. The Balaban J connectivity index is 1.83. The fraction of sp³-hybridized carbons (Fsp3) is 0.400. The minimum atomic E-state index is -0.916. The van der Waals surface area contributed by atoms with Crippen LogP contribution in [-0.4, -0.2) is 53.9 Å². The predicted molar refractivity (Wildman–Crippen MR) is 130 cm³/mol. The van der Waals surface area contributed by atoms with Crippen LogP contribution in [0, 0.1) is 0 Å². The maximum Gasteiger partial charge on any atom is 0.262 e. The number of imide groups is 1. The van der Waals surface area contributed by atoms with E-state index in [4.69, 9.17) is 9.47 Å². The zero-order valence-corrected chi connectivity index (χ0v) is 20.1. The van der Waals surface area contributed by atoms with Gasteiger partial charge in [-0.25, -0.2) is 0 Å². The van der Waals surface area contributed by atoms with Gasteiger partial charge < -0.3 is 14.8 Å². The number of nitrogens with zero attached hydrogens (tertiary/aromatic N) is 1. The molecule has 2 aromatic rings. The molecule has 1 N–H and O–H groups in total. The summed E-state index contributed by atoms with van der Waals surface area (Å²) in [6, 6.07) is 10.9. The number of thioether (sulfide) groups is 1. The number of fused-ring (bicyclic) bond motifs is 1. The van der Waals surface area contributed by atoms with Crippen molar-refractivity contribution in [2.24, 2.45) is 0 Å². The van der Waals surface area contributed by atoms with E-state index in [1.54, 1.807) is 54.2 Å². The smallest absolute Gasteiger partial charge is 0.262 e. The summed E-state index contributed by atoms with van der Waals surface area (Å²) in [5.74, 6) is 0.494. The van der Waals surface area contributed by atoms with Crippen LogP contribution in [0.25, 0.3) is 0 Å². The van der Waals surface area contributed by atoms with Crippen molar-refractivity contribution in [3.63, 3.8) is 0 Å². The number of hydrogen-bond donors (Lipinski definition) is 1. The molecular weight excluding hydrogens is 440 g/mol. The summed E-state index contributed by atoms with van der Waals surface area (Å²) in [5, 5.41) is 2.87. The van der Waals surface area contributed by atoms with Crippen LogP contribution in [0.3, 0.4) is 0 Å². The average Bonchev–Trinajstić information content (AvgIpc) is 3.07. The zero-order chi connectivity index (χ0) is 23.8. The first-order chi connectivity index (χ1) is 16.0. The Labute approximate surface area is 198 Å². The van der Waals surface area contributed by atoms with Gasteiger partial charge in [-0.3, -0.25) is 19.3 Å². The molecule has 0 bridgehead atoms. The highest BCUT2D eigenvalue weighted by molar-refractivity contribution is 7.98. The van der Waals surface area contributed by atoms with Crippen LogP contribution >= 0.6 is 11.8 Å². The van der Waals surface area contributed by atoms with E-state index >= 15 is 0 Å². The van der Waals surface area contributed by atoms with Gasteiger partial charge in [0.1, 0.15) is 6.04 Å². The molecule has 3 rings (SSSR count). The lowest BCUT2D eigenvalue weighted by Crippen LogP contribution is -2.47. The molecule has 0 saturated heterocycles. The summed E-state index contributed by atoms with van der Waals surface area (Å²) >= 11 is 1.55. The van der Waals surface area contributed by atoms with Crippen molar-refractivity contribution in [3.05, 3.63) is 53.6 Å². The van der Waals surface area contributed by atoms with E-state index in [0.717, 1.165) is 17.7 Å². The van der Waals surface area contributed by atoms with Crippen molar-refractivity contribution in [1.82, 2.24) is 4.90 Å². The summed E-state index contributed by atoms with van der Waals surface area (Å²) in [7, 11) is 0. The number of carbonyl (C=O) groups is 3. The van der Waals surface area contributed by atoms with Gasteiger partial charge in [-0.05, 0) is 55.5 Å². The van der Waals surface area contributed by atoms with Gasteiger partial charge in [-0.15, -0.1) is 0 Å². The SMILES string of the molecule is CCCOc1ccc(NC(=O)C(CCSC)N2C(=O)c3ccccc3C2=O)cc1OCCC. The van der Waals surface area contributed by atoms with Gasteiger partial charge in [-0.2, -0.15) is 11.8 Å². The molecule has 0 fully saturated rings. The van der Waals surface area contributed by atoms with Crippen molar-refractivity contribution in [2.75, 3.05) is 30.5 Å². The predicted octanol–water partition coefficient (Wildman–Crippen LogP) is 4.62. The lowest BCUT2D eigenvalue weighted by atomic mass is 10.1. The molecule has 7 nitrogen and oxygen atoms in total. The van der Waals surface area contributed by atoms with Crippen molar-refractivity contribution in [3.8, 4) is 11.5 Å². The number of anilines is 1. The van der Waals surface area contributed by atoms with Crippen molar-refractivity contribution >= 4 is 35.2 Å². The Bertz CT molecular complexity index is 975. The van der Waals surface area contributed by atoms with E-state index in [1.807, 2.05) is 20.1 Å². The number of carbonyl (C=O) groups excluding carboxylic acids is 3. The van der Waals surface area contributed by atoms with Crippen molar-refractivity contribution in [1.29, 1.82) is 0 Å². The van der Waals surface area contributed by atoms with Gasteiger partial charge in [-0.1, -0.05) is 26.0 Å². The second-order valence-electron chi connectivity index (χ2n) is 7.67. The zero-order valence-electron chi connectivity index (χ0n) is 19.3. The first-order valence-corrected chi connectivity index (χ1v) is 12.6. The molecule has 33 heavy (non-hydrogen) atoms. The van der Waals surface area contributed by atoms with Gasteiger partial charge in [0.25, 0.3) is 11.8 Å². The maximum absolute atomic E-state index is 13.3. The quantitative estimate of drug-likeness (QED) is 0.456. The van der Waals surface area contributed by atoms with Crippen molar-refractivity contribution in [2.45, 2.75) is 39.2 Å². The molecule has 2 aromatic carbocycles. The molecule has 0 aromatic heterocycles. The summed E-state index contributed by atoms with van der Waals surface area (Å²) in [6.07, 6.45) is 3.97. The van der Waals surface area contributed by atoms with E-state index in [1.165, 1.54) is 0 Å². The molecule has 0 spiro atoms. The normalized spacial score (nSPS) is 13.6. The monoisotopic (exact) mass is 470 g/mol. The second-order valence-corrected chi connectivity index (χ2v) is 8.66. The highest BCUT2D eigenvalue weighted by Gasteiger charge is 2.42. The van der Waals surface area contributed by atoms with E-state index in [0.29, 0.717) is 53.7 Å². The third-order valence-corrected chi connectivity index (χ3v) is 5.81. The van der Waals surface area contributed by atoms with Gasteiger partial charge in [0.15, 0.2) is 11.5 Å². The number of rotatable bonds is 12. The highest BCUT2D eigenvalue weighted by atomic mass is 32.2. The lowest BCUT2D eigenvalue weighted by molar-refractivity contribution is -0.120. The van der Waals surface area contributed by atoms with Crippen LogP contribution in [0.5, 0.6) is 11.5 Å². The number of ether oxygens (including phenoxy) is 2. The van der Waals surface area contributed by atoms with Crippen LogP contribution < -0.4 is 14.8 Å². The third-order valence-electron chi connectivity index (χ3n) is 5.17. The van der Waals surface area contributed by atoms with Gasteiger partial charge in [0.2, 0.25) is 5.91 Å². The van der Waals surface area contributed by atoms with E-state index in [2.05, 4.69) is 5.32 Å². The molecule has 1 atom stereocenters. The molecule has 1 aliphatic rings. The molecular formula is C25H30N2O5S. The lowest BCUT2D eigenvalue weighted by Gasteiger charge is -2.25. The van der Waals surface area contributed by atoms with E-state index in [-0.39, 0.29) is 0 Å². The molecule has 0 saturated carbocycles. The second kappa shape index (κ2) is 11.7. The van der Waals surface area contributed by atoms with Crippen LogP contribution in [0.4, 0.5) is 5.69 Å². The Morgan fingerprint density at radius 2 is 1.58 bits per heavy atom. The fourth-order valence-corrected chi connectivity index (χ4v) is 4.02. The van der Waals surface area contributed by atoms with Crippen molar-refractivity contribution < 1.29 is 23.9 Å². The summed E-state index contributed by atoms with van der Waals surface area (Å²) in [4.78, 5) is 40.3. The Hall–Kier alpha value is -3.00. The van der Waals surface area contributed by atoms with Crippen LogP contribution in [0.1, 0.15) is 53.8 Å². The molecule has 3 amide bonds. The van der Waals surface area contributed by atoms with E-state index < -0.39 is 23.8 Å². The minimum Gasteiger partial charge on any atom is -0.490 e. The molecule has 0 aliphatic carbocycles. The molecule has 8 heteroatoms. The standard InChI is InChI=1S/C25H30N2O5S/c1-4-13-31-21-11-10-17(16-22(21)32-14-5-2)26-23(28)20(12-15-33-3)27-24(29)18-8-6-7-9-19(18)25(27)30/h6-11,16,20H,4-5,12-15H2,1-3H3,(H,26,28). The topological polar surface area (TPSA) is 84.9 Å². The molecule has 176 valence electrons. The highest BCUT2D eigenvalue weighted by Crippen LogP contribution is 2.32. The van der Waals surface area contributed by atoms with Crippen LogP contribution in [-0.2, 0) is 4.79 Å². The third kappa shape index (κ3) is 5.68. The van der Waals surface area contributed by atoms with Gasteiger partial charge in [0, 0.05) is 11.8 Å². The molecule has 0 radical (unpaired) electrons. The fourth-order valence-electron chi connectivity index (χ4n) is 3.57. The largest absolute Gasteiger partial charge is 0.490 e. The average molecular weight is 471 g/mol. The first kappa shape index (κ1) is 24.6. The summed E-state index contributed by atoms with van der Waals surface area (Å²) in [6.45, 7) is 5.11. The summed E-state index contributed by atoms with van der Waals surface area (Å²) < 4.78 is 11.6. The Morgan fingerprint density at radius 1 is 0.970 bits per heavy atom. The Morgan fingerprint density at radius 3 is 2.15 bits per heavy atom. The number of amides is 3. The Kier molecular flexibility index (Phi) is 8.77. The van der Waals surface area contributed by atoms with Gasteiger partial charge >= 0.3 is 0 Å². The van der Waals surface area contributed by atoms with E-state index in [9.17, 15) is 14.4 Å².